The molecule has 0 aliphatic carbocycles. The van der Waals surface area contributed by atoms with Crippen LogP contribution in [0.4, 0.5) is 4.39 Å². The van der Waals surface area contributed by atoms with Crippen LogP contribution in [0.15, 0.2) is 36.7 Å². The Morgan fingerprint density at radius 2 is 2.20 bits per heavy atom. The number of nitrogens with zero attached hydrogens (tertiary/aromatic N) is 3. The van der Waals surface area contributed by atoms with Crippen LogP contribution in [-0.4, -0.2) is 40.3 Å². The Bertz CT molecular complexity index is 719. The highest BCUT2D eigenvalue weighted by Crippen LogP contribution is 2.22. The lowest BCUT2D eigenvalue weighted by Gasteiger charge is -2.34. The molecule has 0 N–H and O–H groups in total. The van der Waals surface area contributed by atoms with E-state index in [0.717, 1.165) is 19.4 Å². The maximum Gasteiger partial charge on any atom is 0.247 e. The van der Waals surface area contributed by atoms with E-state index < -0.39 is 0 Å². The SMILES string of the molecule is C[C@@H](C(=O)N1CCC[C@H](COc2ccc(F)cc2)C1)n1cc(Cl)cn1. The number of carbonyl (C=O) groups is 1. The van der Waals surface area contributed by atoms with Crippen molar-refractivity contribution in [3.8, 4) is 5.75 Å². The van der Waals surface area contributed by atoms with Gasteiger partial charge in [-0.1, -0.05) is 11.6 Å². The van der Waals surface area contributed by atoms with Crippen molar-refractivity contribution in [3.05, 3.63) is 47.5 Å². The monoisotopic (exact) mass is 365 g/mol. The number of hydrogen-bond donors (Lipinski definition) is 0. The fourth-order valence-electron chi connectivity index (χ4n) is 3.05. The van der Waals surface area contributed by atoms with Crippen molar-refractivity contribution < 1.29 is 13.9 Å². The van der Waals surface area contributed by atoms with E-state index in [-0.39, 0.29) is 23.7 Å². The second kappa shape index (κ2) is 7.87. The summed E-state index contributed by atoms with van der Waals surface area (Å²) in [4.78, 5) is 14.6. The molecule has 0 bridgehead atoms. The third-order valence-corrected chi connectivity index (χ3v) is 4.65. The van der Waals surface area contributed by atoms with E-state index in [9.17, 15) is 9.18 Å². The number of carbonyl (C=O) groups excluding carboxylic acids is 1. The summed E-state index contributed by atoms with van der Waals surface area (Å²) in [6.45, 7) is 3.73. The van der Waals surface area contributed by atoms with Gasteiger partial charge in [0, 0.05) is 25.2 Å². The minimum atomic E-state index is -0.385. The van der Waals surface area contributed by atoms with E-state index in [1.165, 1.54) is 18.3 Å². The molecule has 1 aromatic carbocycles. The normalized spacial score (nSPS) is 18.8. The number of likely N-dealkylation sites (tertiary alicyclic amines) is 1. The summed E-state index contributed by atoms with van der Waals surface area (Å²) in [5, 5.41) is 4.63. The van der Waals surface area contributed by atoms with Gasteiger partial charge in [-0.05, 0) is 44.0 Å². The van der Waals surface area contributed by atoms with Crippen molar-refractivity contribution in [3.63, 3.8) is 0 Å². The van der Waals surface area contributed by atoms with Crippen molar-refractivity contribution in [2.75, 3.05) is 19.7 Å². The van der Waals surface area contributed by atoms with Crippen LogP contribution >= 0.6 is 11.6 Å². The molecular weight excluding hydrogens is 345 g/mol. The molecule has 2 aromatic rings. The van der Waals surface area contributed by atoms with Gasteiger partial charge in [-0.15, -0.1) is 0 Å². The number of benzene rings is 1. The molecule has 0 saturated carbocycles. The van der Waals surface area contributed by atoms with Crippen LogP contribution in [0.1, 0.15) is 25.8 Å². The van der Waals surface area contributed by atoms with E-state index >= 15 is 0 Å². The fraction of sp³-hybridized carbons (Fsp3) is 0.444. The average molecular weight is 366 g/mol. The van der Waals surface area contributed by atoms with Gasteiger partial charge in [0.2, 0.25) is 5.91 Å². The summed E-state index contributed by atoms with van der Waals surface area (Å²) in [5.74, 6) is 0.654. The molecule has 1 aliphatic heterocycles. The van der Waals surface area contributed by atoms with Crippen molar-refractivity contribution in [2.45, 2.75) is 25.8 Å². The highest BCUT2D eigenvalue weighted by atomic mass is 35.5. The Balaban J connectivity index is 1.55. The average Bonchev–Trinajstić information content (AvgIpc) is 3.06. The molecule has 5 nitrogen and oxygen atoms in total. The Morgan fingerprint density at radius 3 is 2.88 bits per heavy atom. The quantitative estimate of drug-likeness (QED) is 0.814. The van der Waals surface area contributed by atoms with Crippen LogP contribution in [0.2, 0.25) is 5.02 Å². The summed E-state index contributed by atoms with van der Waals surface area (Å²) in [5.41, 5.74) is 0. The van der Waals surface area contributed by atoms with Crippen LogP contribution in [0.5, 0.6) is 5.75 Å². The second-order valence-electron chi connectivity index (χ2n) is 6.37. The number of ether oxygens (including phenoxy) is 1. The number of aromatic nitrogens is 2. The summed E-state index contributed by atoms with van der Waals surface area (Å²) < 4.78 is 20.2. The van der Waals surface area contributed by atoms with Gasteiger partial charge >= 0.3 is 0 Å². The van der Waals surface area contributed by atoms with E-state index in [2.05, 4.69) is 5.10 Å². The zero-order chi connectivity index (χ0) is 17.8. The van der Waals surface area contributed by atoms with Crippen LogP contribution in [0.25, 0.3) is 0 Å². The highest BCUT2D eigenvalue weighted by molar-refractivity contribution is 6.30. The molecule has 7 heteroatoms. The molecule has 1 aromatic heterocycles. The minimum absolute atomic E-state index is 0.0336. The predicted molar refractivity (Wildman–Crippen MR) is 93.1 cm³/mol. The van der Waals surface area contributed by atoms with Gasteiger partial charge in [0.25, 0.3) is 0 Å². The van der Waals surface area contributed by atoms with Crippen molar-refractivity contribution >= 4 is 17.5 Å². The first-order valence-electron chi connectivity index (χ1n) is 8.40. The predicted octanol–water partition coefficient (Wildman–Crippen LogP) is 3.55. The molecule has 25 heavy (non-hydrogen) atoms. The minimum Gasteiger partial charge on any atom is -0.493 e. The second-order valence-corrected chi connectivity index (χ2v) is 6.81. The molecule has 1 amide bonds. The molecule has 2 heterocycles. The lowest BCUT2D eigenvalue weighted by molar-refractivity contribution is -0.136. The van der Waals surface area contributed by atoms with E-state index in [0.29, 0.717) is 23.9 Å². The van der Waals surface area contributed by atoms with Gasteiger partial charge < -0.3 is 9.64 Å². The van der Waals surface area contributed by atoms with E-state index in [1.807, 2.05) is 11.8 Å². The summed E-state index contributed by atoms with van der Waals surface area (Å²) in [7, 11) is 0. The number of rotatable bonds is 5. The summed E-state index contributed by atoms with van der Waals surface area (Å²) in [6.07, 6.45) is 5.13. The third-order valence-electron chi connectivity index (χ3n) is 4.45. The standard InChI is InChI=1S/C18H21ClFN3O2/c1-13(23-11-15(19)9-21-23)18(24)22-8-2-3-14(10-22)12-25-17-6-4-16(20)5-7-17/h4-7,9,11,13-14H,2-3,8,10,12H2,1H3/t13-,14-/m0/s1. The lowest BCUT2D eigenvalue weighted by atomic mass is 9.98. The molecular formula is C18H21ClFN3O2. The molecule has 2 atom stereocenters. The highest BCUT2D eigenvalue weighted by Gasteiger charge is 2.28. The number of amides is 1. The topological polar surface area (TPSA) is 47.4 Å². The van der Waals surface area contributed by atoms with Crippen LogP contribution in [0.3, 0.4) is 0 Å². The smallest absolute Gasteiger partial charge is 0.247 e. The molecule has 0 spiro atoms. The Labute approximate surface area is 151 Å². The van der Waals surface area contributed by atoms with Crippen molar-refractivity contribution in [1.82, 2.24) is 14.7 Å². The largest absolute Gasteiger partial charge is 0.493 e. The zero-order valence-electron chi connectivity index (χ0n) is 14.1. The Hall–Kier alpha value is -2.08. The maximum atomic E-state index is 12.9. The van der Waals surface area contributed by atoms with Gasteiger partial charge in [-0.3, -0.25) is 9.48 Å². The molecule has 1 aliphatic rings. The molecule has 1 fully saturated rings. The third kappa shape index (κ3) is 4.51. The Kier molecular flexibility index (Phi) is 5.58. The van der Waals surface area contributed by atoms with Gasteiger partial charge in [-0.25, -0.2) is 4.39 Å². The molecule has 134 valence electrons. The number of halogens is 2. The maximum absolute atomic E-state index is 12.9. The molecule has 1 saturated heterocycles. The van der Waals surface area contributed by atoms with E-state index in [1.54, 1.807) is 23.0 Å². The van der Waals surface area contributed by atoms with Gasteiger partial charge in [0.15, 0.2) is 0 Å². The lowest BCUT2D eigenvalue weighted by Crippen LogP contribution is -2.44. The first kappa shape index (κ1) is 17.7. The van der Waals surface area contributed by atoms with Gasteiger partial charge in [-0.2, -0.15) is 5.10 Å². The van der Waals surface area contributed by atoms with Crippen LogP contribution < -0.4 is 4.74 Å². The fourth-order valence-corrected chi connectivity index (χ4v) is 3.19. The molecule has 0 radical (unpaired) electrons. The van der Waals surface area contributed by atoms with Crippen molar-refractivity contribution in [1.29, 1.82) is 0 Å². The number of piperidine rings is 1. The van der Waals surface area contributed by atoms with Crippen LogP contribution in [0, 0.1) is 11.7 Å². The molecule has 3 rings (SSSR count). The summed E-state index contributed by atoms with van der Waals surface area (Å²) in [6, 6.07) is 5.60. The Morgan fingerprint density at radius 1 is 1.44 bits per heavy atom. The van der Waals surface area contributed by atoms with Gasteiger partial charge in [0.1, 0.15) is 17.6 Å². The summed E-state index contributed by atoms with van der Waals surface area (Å²) >= 11 is 5.88. The number of hydrogen-bond acceptors (Lipinski definition) is 3. The van der Waals surface area contributed by atoms with Crippen LogP contribution in [-0.2, 0) is 4.79 Å². The van der Waals surface area contributed by atoms with Crippen molar-refractivity contribution in [2.24, 2.45) is 5.92 Å². The first-order valence-corrected chi connectivity index (χ1v) is 8.77. The van der Waals surface area contributed by atoms with Gasteiger partial charge in [0.05, 0.1) is 17.8 Å². The molecule has 0 unspecified atom stereocenters. The zero-order valence-corrected chi connectivity index (χ0v) is 14.8. The van der Waals surface area contributed by atoms with E-state index in [4.69, 9.17) is 16.3 Å². The first-order chi connectivity index (χ1) is 12.0.